The van der Waals surface area contributed by atoms with Crippen LogP contribution in [-0.4, -0.2) is 37.5 Å². The summed E-state index contributed by atoms with van der Waals surface area (Å²) >= 11 is 0. The highest BCUT2D eigenvalue weighted by molar-refractivity contribution is 6.08. The molecule has 0 atom stereocenters. The van der Waals surface area contributed by atoms with E-state index in [0.717, 1.165) is 11.1 Å². The first kappa shape index (κ1) is 16.8. The van der Waals surface area contributed by atoms with Gasteiger partial charge in [0.1, 0.15) is 18.0 Å². The van der Waals surface area contributed by atoms with E-state index in [0.29, 0.717) is 22.7 Å². The molecule has 0 saturated heterocycles. The summed E-state index contributed by atoms with van der Waals surface area (Å²) in [6, 6.07) is 10.8. The lowest BCUT2D eigenvalue weighted by molar-refractivity contribution is -0.116. The van der Waals surface area contributed by atoms with E-state index < -0.39 is 0 Å². The molecule has 0 saturated carbocycles. The van der Waals surface area contributed by atoms with E-state index in [9.17, 15) is 9.59 Å². The number of nitrogens with one attached hydrogen (secondary N) is 1. The third-order valence-electron chi connectivity index (χ3n) is 4.16. The Hall–Kier alpha value is -3.02. The highest BCUT2D eigenvalue weighted by Gasteiger charge is 2.27. The van der Waals surface area contributed by atoms with Gasteiger partial charge in [0.2, 0.25) is 5.91 Å². The average molecular weight is 340 g/mol. The molecule has 1 N–H and O–H groups in total. The standard InChI is InChI=1S/C19H20N2O4/c1-12-4-7-16-15(8-12)19(23)21(11-18(22)20-16)10-13-5-6-14(24-2)9-17(13)25-3/h4-9H,10-11H2,1-3H3,(H,20,22). The maximum Gasteiger partial charge on any atom is 0.256 e. The smallest absolute Gasteiger partial charge is 0.256 e. The number of aryl methyl sites for hydroxylation is 1. The minimum atomic E-state index is -0.219. The fraction of sp³-hybridized carbons (Fsp3) is 0.263. The third-order valence-corrected chi connectivity index (χ3v) is 4.16. The Balaban J connectivity index is 1.94. The van der Waals surface area contributed by atoms with Crippen LogP contribution in [0.4, 0.5) is 5.69 Å². The Labute approximate surface area is 146 Å². The molecule has 6 heteroatoms. The minimum Gasteiger partial charge on any atom is -0.497 e. The van der Waals surface area contributed by atoms with Crippen molar-refractivity contribution < 1.29 is 19.1 Å². The molecule has 0 aliphatic carbocycles. The average Bonchev–Trinajstić information content (AvgIpc) is 2.72. The van der Waals surface area contributed by atoms with Crippen molar-refractivity contribution in [2.75, 3.05) is 26.1 Å². The van der Waals surface area contributed by atoms with Gasteiger partial charge in [-0.1, -0.05) is 11.6 Å². The van der Waals surface area contributed by atoms with E-state index in [1.54, 1.807) is 38.5 Å². The van der Waals surface area contributed by atoms with Gasteiger partial charge in [-0.25, -0.2) is 0 Å². The zero-order chi connectivity index (χ0) is 18.0. The molecule has 2 amide bonds. The van der Waals surface area contributed by atoms with Crippen LogP contribution in [0.3, 0.4) is 0 Å². The molecule has 0 spiro atoms. The number of rotatable bonds is 4. The summed E-state index contributed by atoms with van der Waals surface area (Å²) in [5.41, 5.74) is 2.81. The van der Waals surface area contributed by atoms with Gasteiger partial charge in [-0.05, 0) is 31.2 Å². The quantitative estimate of drug-likeness (QED) is 0.929. The van der Waals surface area contributed by atoms with E-state index in [2.05, 4.69) is 5.32 Å². The third kappa shape index (κ3) is 3.42. The number of anilines is 1. The summed E-state index contributed by atoms with van der Waals surface area (Å²) in [6.07, 6.45) is 0. The molecule has 2 aromatic rings. The lowest BCUT2D eigenvalue weighted by atomic mass is 10.1. The van der Waals surface area contributed by atoms with Gasteiger partial charge < -0.3 is 19.7 Å². The predicted octanol–water partition coefficient (Wildman–Crippen LogP) is 2.61. The highest BCUT2D eigenvalue weighted by atomic mass is 16.5. The van der Waals surface area contributed by atoms with E-state index in [1.807, 2.05) is 19.1 Å². The molecule has 25 heavy (non-hydrogen) atoms. The molecular weight excluding hydrogens is 320 g/mol. The van der Waals surface area contributed by atoms with Crippen LogP contribution in [0.2, 0.25) is 0 Å². The predicted molar refractivity (Wildman–Crippen MR) is 94.1 cm³/mol. The molecule has 0 bridgehead atoms. The van der Waals surface area contributed by atoms with Crippen molar-refractivity contribution in [1.82, 2.24) is 4.90 Å². The van der Waals surface area contributed by atoms with Crippen LogP contribution >= 0.6 is 0 Å². The first-order chi connectivity index (χ1) is 12.0. The molecule has 0 unspecified atom stereocenters. The molecule has 1 aliphatic rings. The zero-order valence-corrected chi connectivity index (χ0v) is 14.5. The van der Waals surface area contributed by atoms with Crippen molar-refractivity contribution >= 4 is 17.5 Å². The van der Waals surface area contributed by atoms with Crippen molar-refractivity contribution in [3.63, 3.8) is 0 Å². The van der Waals surface area contributed by atoms with Gasteiger partial charge in [0.15, 0.2) is 0 Å². The van der Waals surface area contributed by atoms with Crippen molar-refractivity contribution in [1.29, 1.82) is 0 Å². The molecule has 0 radical (unpaired) electrons. The van der Waals surface area contributed by atoms with Gasteiger partial charge in [-0.15, -0.1) is 0 Å². The second-order valence-electron chi connectivity index (χ2n) is 5.94. The normalized spacial score (nSPS) is 13.8. The van der Waals surface area contributed by atoms with Crippen molar-refractivity contribution in [3.05, 3.63) is 53.1 Å². The topological polar surface area (TPSA) is 67.9 Å². The monoisotopic (exact) mass is 340 g/mol. The van der Waals surface area contributed by atoms with Gasteiger partial charge in [0, 0.05) is 11.6 Å². The summed E-state index contributed by atoms with van der Waals surface area (Å²) in [5.74, 6) is 0.876. The second-order valence-corrected chi connectivity index (χ2v) is 5.94. The van der Waals surface area contributed by atoms with Gasteiger partial charge in [0.05, 0.1) is 32.0 Å². The van der Waals surface area contributed by atoms with Crippen LogP contribution in [0.1, 0.15) is 21.5 Å². The summed E-state index contributed by atoms with van der Waals surface area (Å²) in [5, 5.41) is 2.79. The Morgan fingerprint density at radius 1 is 1.08 bits per heavy atom. The number of carbonyl (C=O) groups is 2. The lowest BCUT2D eigenvalue weighted by Crippen LogP contribution is -2.34. The second kappa shape index (κ2) is 6.84. The number of hydrogen-bond acceptors (Lipinski definition) is 4. The molecule has 1 heterocycles. The number of fused-ring (bicyclic) bond motifs is 1. The number of hydrogen-bond donors (Lipinski definition) is 1. The van der Waals surface area contributed by atoms with Gasteiger partial charge in [-0.2, -0.15) is 0 Å². The summed E-state index contributed by atoms with van der Waals surface area (Å²) in [4.78, 5) is 26.6. The van der Waals surface area contributed by atoms with Crippen LogP contribution in [-0.2, 0) is 11.3 Å². The molecule has 0 aromatic heterocycles. The van der Waals surface area contributed by atoms with Crippen molar-refractivity contribution in [2.45, 2.75) is 13.5 Å². The van der Waals surface area contributed by atoms with Crippen LogP contribution in [0, 0.1) is 6.92 Å². The molecule has 3 rings (SSSR count). The zero-order valence-electron chi connectivity index (χ0n) is 14.5. The summed E-state index contributed by atoms with van der Waals surface area (Å²) in [7, 11) is 3.14. The molecule has 0 fully saturated rings. The summed E-state index contributed by atoms with van der Waals surface area (Å²) in [6.45, 7) is 2.17. The maximum atomic E-state index is 12.9. The number of carbonyl (C=O) groups excluding carboxylic acids is 2. The number of amides is 2. The Kier molecular flexibility index (Phi) is 4.61. The first-order valence-corrected chi connectivity index (χ1v) is 7.92. The van der Waals surface area contributed by atoms with Crippen LogP contribution < -0.4 is 14.8 Å². The van der Waals surface area contributed by atoms with Gasteiger partial charge in [0.25, 0.3) is 5.91 Å². The van der Waals surface area contributed by atoms with Crippen molar-refractivity contribution in [2.24, 2.45) is 0 Å². The van der Waals surface area contributed by atoms with E-state index in [1.165, 1.54) is 4.90 Å². The lowest BCUT2D eigenvalue weighted by Gasteiger charge is -2.21. The fourth-order valence-corrected chi connectivity index (χ4v) is 2.87. The number of nitrogens with zero attached hydrogens (tertiary/aromatic N) is 1. The van der Waals surface area contributed by atoms with Gasteiger partial charge in [-0.3, -0.25) is 9.59 Å². The molecule has 2 aromatic carbocycles. The fourth-order valence-electron chi connectivity index (χ4n) is 2.87. The minimum absolute atomic E-state index is 0.0122. The summed E-state index contributed by atoms with van der Waals surface area (Å²) < 4.78 is 10.6. The van der Waals surface area contributed by atoms with Crippen LogP contribution in [0.15, 0.2) is 36.4 Å². The Bertz CT molecular complexity index is 832. The van der Waals surface area contributed by atoms with Crippen LogP contribution in [0.25, 0.3) is 0 Å². The number of methoxy groups -OCH3 is 2. The van der Waals surface area contributed by atoms with E-state index in [-0.39, 0.29) is 24.9 Å². The largest absolute Gasteiger partial charge is 0.497 e. The molecular formula is C19H20N2O4. The molecule has 1 aliphatic heterocycles. The number of ether oxygens (including phenoxy) is 2. The Morgan fingerprint density at radius 2 is 1.88 bits per heavy atom. The first-order valence-electron chi connectivity index (χ1n) is 7.92. The van der Waals surface area contributed by atoms with Gasteiger partial charge >= 0.3 is 0 Å². The SMILES string of the molecule is COc1ccc(CN2CC(=O)Nc3ccc(C)cc3C2=O)c(OC)c1. The Morgan fingerprint density at radius 3 is 2.60 bits per heavy atom. The number of benzene rings is 2. The van der Waals surface area contributed by atoms with E-state index in [4.69, 9.17) is 9.47 Å². The van der Waals surface area contributed by atoms with E-state index >= 15 is 0 Å². The highest BCUT2D eigenvalue weighted by Crippen LogP contribution is 2.28. The molecule has 6 nitrogen and oxygen atoms in total. The molecule has 130 valence electrons. The van der Waals surface area contributed by atoms with Crippen LogP contribution in [0.5, 0.6) is 11.5 Å². The van der Waals surface area contributed by atoms with Crippen molar-refractivity contribution in [3.8, 4) is 11.5 Å². The maximum absolute atomic E-state index is 12.9.